The number of carbonyl (C=O) groups excluding carboxylic acids is 1. The zero-order valence-electron chi connectivity index (χ0n) is 10.4. The first kappa shape index (κ1) is 13.4. The fourth-order valence-corrected chi connectivity index (χ4v) is 1.67. The van der Waals surface area contributed by atoms with Gasteiger partial charge in [0.15, 0.2) is 0 Å². The van der Waals surface area contributed by atoms with Crippen LogP contribution in [0, 0.1) is 0 Å². The highest BCUT2D eigenvalue weighted by molar-refractivity contribution is 6.29. The van der Waals surface area contributed by atoms with Crippen LogP contribution in [0.2, 0.25) is 5.15 Å². The summed E-state index contributed by atoms with van der Waals surface area (Å²) in [7, 11) is 0. The summed E-state index contributed by atoms with van der Waals surface area (Å²) in [6.07, 6.45) is 4.08. The van der Waals surface area contributed by atoms with Gasteiger partial charge in [0.25, 0.3) is 0 Å². The van der Waals surface area contributed by atoms with Crippen LogP contribution in [-0.2, 0) is 6.54 Å². The summed E-state index contributed by atoms with van der Waals surface area (Å²) in [6.45, 7) is 2.80. The summed E-state index contributed by atoms with van der Waals surface area (Å²) >= 11 is 5.67. The van der Waals surface area contributed by atoms with Gasteiger partial charge in [-0.25, -0.2) is 14.5 Å². The van der Waals surface area contributed by atoms with Crippen molar-refractivity contribution in [2.45, 2.75) is 19.9 Å². The molecule has 0 unspecified atom stereocenters. The van der Waals surface area contributed by atoms with Crippen LogP contribution in [-0.4, -0.2) is 20.8 Å². The molecule has 0 saturated carbocycles. The molecule has 0 bridgehead atoms. The Hall–Kier alpha value is -2.08. The fourth-order valence-electron chi connectivity index (χ4n) is 1.56. The Morgan fingerprint density at radius 2 is 2.21 bits per heavy atom. The van der Waals surface area contributed by atoms with Crippen LogP contribution in [0.5, 0.6) is 0 Å². The lowest BCUT2D eigenvalue weighted by Crippen LogP contribution is -2.21. The number of urea groups is 1. The number of aryl methyl sites for hydroxylation is 1. The highest BCUT2D eigenvalue weighted by atomic mass is 35.5. The number of hydrogen-bond acceptors (Lipinski definition) is 3. The lowest BCUT2D eigenvalue weighted by Gasteiger charge is -2.09. The second kappa shape index (κ2) is 6.19. The maximum Gasteiger partial charge on any atom is 0.324 e. The topological polar surface area (TPSA) is 71.8 Å². The molecular formula is C12H14ClN5O. The van der Waals surface area contributed by atoms with E-state index >= 15 is 0 Å². The first-order valence-electron chi connectivity index (χ1n) is 5.90. The van der Waals surface area contributed by atoms with Gasteiger partial charge >= 0.3 is 6.03 Å². The summed E-state index contributed by atoms with van der Waals surface area (Å²) < 4.78 is 1.74. The van der Waals surface area contributed by atoms with Gasteiger partial charge in [0, 0.05) is 12.6 Å². The number of hydrogen-bond donors (Lipinski definition) is 2. The predicted molar refractivity (Wildman–Crippen MR) is 74.4 cm³/mol. The molecule has 100 valence electrons. The van der Waals surface area contributed by atoms with E-state index in [1.165, 1.54) is 6.20 Å². The third-order valence-electron chi connectivity index (χ3n) is 2.38. The molecule has 0 aliphatic heterocycles. The first-order valence-corrected chi connectivity index (χ1v) is 6.28. The second-order valence-corrected chi connectivity index (χ2v) is 4.28. The normalized spacial score (nSPS) is 10.2. The van der Waals surface area contributed by atoms with Crippen molar-refractivity contribution in [2.75, 3.05) is 10.6 Å². The molecule has 0 radical (unpaired) electrons. The molecule has 2 rings (SSSR count). The van der Waals surface area contributed by atoms with E-state index in [-0.39, 0.29) is 6.03 Å². The van der Waals surface area contributed by atoms with E-state index in [1.54, 1.807) is 29.1 Å². The number of aromatic nitrogens is 3. The molecule has 2 heterocycles. The van der Waals surface area contributed by atoms with Crippen molar-refractivity contribution in [3.8, 4) is 0 Å². The molecule has 0 aliphatic carbocycles. The molecule has 2 aromatic heterocycles. The molecule has 0 aliphatic rings. The number of halogens is 1. The summed E-state index contributed by atoms with van der Waals surface area (Å²) in [5, 5.41) is 9.90. The van der Waals surface area contributed by atoms with Crippen LogP contribution in [0.1, 0.15) is 13.3 Å². The summed E-state index contributed by atoms with van der Waals surface area (Å²) in [5.41, 5.74) is 0.573. The Morgan fingerprint density at radius 3 is 2.89 bits per heavy atom. The Bertz CT molecular complexity index is 552. The molecule has 2 N–H and O–H groups in total. The minimum absolute atomic E-state index is 0.345. The largest absolute Gasteiger partial charge is 0.324 e. The lowest BCUT2D eigenvalue weighted by molar-refractivity contribution is 0.262. The van der Waals surface area contributed by atoms with Crippen LogP contribution in [0.4, 0.5) is 16.3 Å². The maximum absolute atomic E-state index is 11.8. The van der Waals surface area contributed by atoms with Crippen LogP contribution < -0.4 is 10.6 Å². The van der Waals surface area contributed by atoms with E-state index in [4.69, 9.17) is 11.6 Å². The third kappa shape index (κ3) is 3.69. The van der Waals surface area contributed by atoms with Crippen molar-refractivity contribution in [2.24, 2.45) is 0 Å². The monoisotopic (exact) mass is 279 g/mol. The summed E-state index contributed by atoms with van der Waals surface area (Å²) in [6, 6.07) is 4.69. The quantitative estimate of drug-likeness (QED) is 0.845. The summed E-state index contributed by atoms with van der Waals surface area (Å²) in [4.78, 5) is 15.7. The van der Waals surface area contributed by atoms with Crippen molar-refractivity contribution < 1.29 is 4.79 Å². The molecule has 19 heavy (non-hydrogen) atoms. The van der Waals surface area contributed by atoms with E-state index in [0.29, 0.717) is 16.7 Å². The Labute approximate surface area is 115 Å². The average molecular weight is 280 g/mol. The van der Waals surface area contributed by atoms with Crippen molar-refractivity contribution in [1.29, 1.82) is 0 Å². The Kier molecular flexibility index (Phi) is 4.35. The molecular weight excluding hydrogens is 266 g/mol. The highest BCUT2D eigenvalue weighted by Gasteiger charge is 2.07. The molecule has 6 nitrogen and oxygen atoms in total. The van der Waals surface area contributed by atoms with Crippen LogP contribution in [0.3, 0.4) is 0 Å². The number of pyridine rings is 1. The van der Waals surface area contributed by atoms with Crippen LogP contribution in [0.15, 0.2) is 30.6 Å². The number of carbonyl (C=O) groups is 1. The van der Waals surface area contributed by atoms with Gasteiger partial charge in [-0.15, -0.1) is 0 Å². The Morgan fingerprint density at radius 1 is 1.37 bits per heavy atom. The number of amides is 2. The first-order chi connectivity index (χ1) is 9.19. The number of nitrogens with zero attached hydrogens (tertiary/aromatic N) is 3. The average Bonchev–Trinajstić information content (AvgIpc) is 2.80. The third-order valence-corrected chi connectivity index (χ3v) is 2.60. The lowest BCUT2D eigenvalue weighted by atomic mass is 10.4. The van der Waals surface area contributed by atoms with Gasteiger partial charge in [0.05, 0.1) is 18.1 Å². The van der Waals surface area contributed by atoms with Crippen molar-refractivity contribution in [3.05, 3.63) is 35.7 Å². The van der Waals surface area contributed by atoms with Crippen molar-refractivity contribution in [1.82, 2.24) is 14.8 Å². The minimum atomic E-state index is -0.345. The maximum atomic E-state index is 11.8. The van der Waals surface area contributed by atoms with E-state index in [9.17, 15) is 4.79 Å². The van der Waals surface area contributed by atoms with Gasteiger partial charge in [0.2, 0.25) is 0 Å². The van der Waals surface area contributed by atoms with Gasteiger partial charge in [0.1, 0.15) is 11.0 Å². The number of anilines is 2. The molecule has 0 spiro atoms. The van der Waals surface area contributed by atoms with Gasteiger partial charge in [-0.2, -0.15) is 5.10 Å². The molecule has 0 fully saturated rings. The van der Waals surface area contributed by atoms with E-state index in [0.717, 1.165) is 13.0 Å². The van der Waals surface area contributed by atoms with Gasteiger partial charge in [-0.1, -0.05) is 18.5 Å². The molecule has 0 aromatic carbocycles. The number of nitrogens with one attached hydrogen (secondary N) is 2. The fraction of sp³-hybridized carbons (Fsp3) is 0.250. The smallest absolute Gasteiger partial charge is 0.306 e. The van der Waals surface area contributed by atoms with Gasteiger partial charge in [-0.3, -0.25) is 5.32 Å². The van der Waals surface area contributed by atoms with Crippen molar-refractivity contribution in [3.63, 3.8) is 0 Å². The molecule has 0 saturated heterocycles. The predicted octanol–water partition coefficient (Wildman–Crippen LogP) is 2.99. The molecule has 7 heteroatoms. The zero-order chi connectivity index (χ0) is 13.7. The molecule has 2 amide bonds. The second-order valence-electron chi connectivity index (χ2n) is 3.89. The van der Waals surface area contributed by atoms with Gasteiger partial charge in [-0.05, 0) is 18.6 Å². The van der Waals surface area contributed by atoms with Crippen LogP contribution in [0.25, 0.3) is 0 Å². The standard InChI is InChI=1S/C12H14ClN5O/c1-2-7-18-11(5-6-15-18)17-12(19)16-9-3-4-10(13)14-8-9/h3-6,8H,2,7H2,1H3,(H2,16,17,19). The van der Waals surface area contributed by atoms with E-state index < -0.39 is 0 Å². The van der Waals surface area contributed by atoms with Gasteiger partial charge < -0.3 is 5.32 Å². The van der Waals surface area contributed by atoms with E-state index in [2.05, 4.69) is 20.7 Å². The van der Waals surface area contributed by atoms with Crippen molar-refractivity contribution >= 4 is 29.1 Å². The Balaban J connectivity index is 1.97. The summed E-state index contributed by atoms with van der Waals surface area (Å²) in [5.74, 6) is 0.654. The number of rotatable bonds is 4. The SMILES string of the molecule is CCCn1nccc1NC(=O)Nc1ccc(Cl)nc1. The van der Waals surface area contributed by atoms with E-state index in [1.807, 2.05) is 6.92 Å². The minimum Gasteiger partial charge on any atom is -0.306 e. The highest BCUT2D eigenvalue weighted by Crippen LogP contribution is 2.11. The molecule has 2 aromatic rings. The molecule has 0 atom stereocenters. The zero-order valence-corrected chi connectivity index (χ0v) is 11.2. The van der Waals surface area contributed by atoms with Crippen LogP contribution >= 0.6 is 11.6 Å².